The number of nitrogens with one attached hydrogen (secondary N) is 2. The first-order valence-electron chi connectivity index (χ1n) is 9.69. The van der Waals surface area contributed by atoms with Crippen LogP contribution in [-0.4, -0.2) is 55.2 Å². The summed E-state index contributed by atoms with van der Waals surface area (Å²) in [6.07, 6.45) is 2.28. The molecule has 6 heteroatoms. The Morgan fingerprint density at radius 1 is 1.31 bits per heavy atom. The predicted octanol–water partition coefficient (Wildman–Crippen LogP) is 3.54. The van der Waals surface area contributed by atoms with E-state index < -0.39 is 0 Å². The van der Waals surface area contributed by atoms with Gasteiger partial charge in [0, 0.05) is 36.7 Å². The van der Waals surface area contributed by atoms with Gasteiger partial charge >= 0.3 is 0 Å². The molecule has 0 spiro atoms. The fourth-order valence-electron chi connectivity index (χ4n) is 3.10. The molecule has 0 aliphatic carbocycles. The molecule has 2 N–H and O–H groups in total. The van der Waals surface area contributed by atoms with Gasteiger partial charge in [-0.3, -0.25) is 0 Å². The molecule has 1 unspecified atom stereocenters. The summed E-state index contributed by atoms with van der Waals surface area (Å²) in [5.74, 6) is 1.65. The Kier molecular flexibility index (Phi) is 8.52. The van der Waals surface area contributed by atoms with Crippen LogP contribution in [0.5, 0.6) is 5.75 Å². The number of rotatable bonds is 7. The molecule has 1 aromatic rings. The predicted molar refractivity (Wildman–Crippen MR) is 110 cm³/mol. The Balaban J connectivity index is 1.84. The third-order valence-electron chi connectivity index (χ3n) is 4.58. The van der Waals surface area contributed by atoms with Crippen LogP contribution in [-0.2, 0) is 0 Å². The molecule has 0 bridgehead atoms. The van der Waals surface area contributed by atoms with Crippen molar-refractivity contribution in [2.45, 2.75) is 58.7 Å². The van der Waals surface area contributed by atoms with Gasteiger partial charge < -0.3 is 20.3 Å². The molecule has 1 fully saturated rings. The molecule has 1 aliphatic heterocycles. The second kappa shape index (κ2) is 10.6. The Labute approximate surface area is 163 Å². The van der Waals surface area contributed by atoms with Crippen molar-refractivity contribution in [2.75, 3.05) is 26.2 Å². The smallest absolute Gasteiger partial charge is 0.191 e. The molecule has 0 radical (unpaired) electrons. The van der Waals surface area contributed by atoms with E-state index in [1.807, 2.05) is 31.2 Å². The highest BCUT2D eigenvalue weighted by molar-refractivity contribution is 6.30. The van der Waals surface area contributed by atoms with Crippen molar-refractivity contribution in [3.8, 4) is 5.75 Å². The van der Waals surface area contributed by atoms with Crippen LogP contribution in [0.2, 0.25) is 5.02 Å². The molecular weight excluding hydrogens is 348 g/mol. The van der Waals surface area contributed by atoms with Crippen LogP contribution in [0.25, 0.3) is 0 Å². The lowest BCUT2D eigenvalue weighted by atomic mass is 10.0. The van der Waals surface area contributed by atoms with Crippen molar-refractivity contribution in [2.24, 2.45) is 4.99 Å². The minimum absolute atomic E-state index is 0.0216. The number of likely N-dealkylation sites (tertiary alicyclic amines) is 1. The van der Waals surface area contributed by atoms with Gasteiger partial charge in [0.05, 0.1) is 6.54 Å². The molecule has 26 heavy (non-hydrogen) atoms. The highest BCUT2D eigenvalue weighted by atomic mass is 35.5. The first-order chi connectivity index (χ1) is 12.5. The number of hydrogen-bond acceptors (Lipinski definition) is 3. The number of halogens is 1. The van der Waals surface area contributed by atoms with Gasteiger partial charge in [0.1, 0.15) is 11.9 Å². The molecule has 2 rings (SSSR count). The van der Waals surface area contributed by atoms with Crippen LogP contribution in [0, 0.1) is 0 Å². The summed E-state index contributed by atoms with van der Waals surface area (Å²) < 4.78 is 5.90. The molecular formula is C20H33ClN4O. The number of benzene rings is 1. The third kappa shape index (κ3) is 7.04. The SMILES string of the molecule is CCNC(=NCC(C)Oc1cccc(Cl)c1)NC1CCN(C(C)C)CC1. The Bertz CT molecular complexity index is 571. The Morgan fingerprint density at radius 3 is 2.65 bits per heavy atom. The number of aliphatic imine (C=N–C) groups is 1. The standard InChI is InChI=1S/C20H33ClN4O/c1-5-22-20(24-18-9-11-25(12-10-18)15(2)3)23-14-16(4)26-19-8-6-7-17(21)13-19/h6-8,13,15-16,18H,5,9-12,14H2,1-4H3,(H2,22,23,24). The maximum absolute atomic E-state index is 6.00. The van der Waals surface area contributed by atoms with E-state index in [-0.39, 0.29) is 6.10 Å². The number of piperidine rings is 1. The number of hydrogen-bond donors (Lipinski definition) is 2. The van der Waals surface area contributed by atoms with Crippen LogP contribution in [0.1, 0.15) is 40.5 Å². The third-order valence-corrected chi connectivity index (χ3v) is 4.82. The molecule has 0 aromatic heterocycles. The lowest BCUT2D eigenvalue weighted by Crippen LogP contribution is -2.50. The fourth-order valence-corrected chi connectivity index (χ4v) is 3.28. The summed E-state index contributed by atoms with van der Waals surface area (Å²) in [5, 5.41) is 7.60. The molecule has 1 atom stereocenters. The van der Waals surface area contributed by atoms with Crippen LogP contribution in [0.4, 0.5) is 0 Å². The summed E-state index contributed by atoms with van der Waals surface area (Å²) >= 11 is 6.00. The van der Waals surface area contributed by atoms with E-state index in [1.165, 1.54) is 0 Å². The zero-order valence-electron chi connectivity index (χ0n) is 16.5. The summed E-state index contributed by atoms with van der Waals surface area (Å²) in [5.41, 5.74) is 0. The van der Waals surface area contributed by atoms with E-state index in [9.17, 15) is 0 Å². The maximum atomic E-state index is 6.00. The van der Waals surface area contributed by atoms with Crippen molar-refractivity contribution >= 4 is 17.6 Å². The molecule has 0 amide bonds. The monoisotopic (exact) mass is 380 g/mol. The van der Waals surface area contributed by atoms with E-state index in [1.54, 1.807) is 0 Å². The van der Waals surface area contributed by atoms with E-state index in [0.717, 1.165) is 44.2 Å². The highest BCUT2D eigenvalue weighted by Gasteiger charge is 2.21. The van der Waals surface area contributed by atoms with Gasteiger partial charge in [-0.25, -0.2) is 4.99 Å². The number of guanidine groups is 1. The first kappa shape index (κ1) is 20.8. The summed E-state index contributed by atoms with van der Waals surface area (Å²) in [7, 11) is 0. The van der Waals surface area contributed by atoms with Gasteiger partial charge in [-0.05, 0) is 58.7 Å². The molecule has 0 saturated carbocycles. The van der Waals surface area contributed by atoms with Crippen molar-refractivity contribution in [3.05, 3.63) is 29.3 Å². The quantitative estimate of drug-likeness (QED) is 0.561. The number of nitrogens with zero attached hydrogens (tertiary/aromatic N) is 2. The van der Waals surface area contributed by atoms with Gasteiger partial charge in [0.25, 0.3) is 0 Å². The zero-order valence-corrected chi connectivity index (χ0v) is 17.2. The maximum Gasteiger partial charge on any atom is 0.191 e. The summed E-state index contributed by atoms with van der Waals surface area (Å²) in [6.45, 7) is 12.4. The molecule has 1 aromatic carbocycles. The van der Waals surface area contributed by atoms with Gasteiger partial charge in [-0.1, -0.05) is 17.7 Å². The molecule has 1 aliphatic rings. The second-order valence-corrected chi connectivity index (χ2v) is 7.59. The summed E-state index contributed by atoms with van der Waals surface area (Å²) in [6, 6.07) is 8.58. The van der Waals surface area contributed by atoms with E-state index in [2.05, 4.69) is 36.3 Å². The van der Waals surface area contributed by atoms with E-state index in [4.69, 9.17) is 21.3 Å². The van der Waals surface area contributed by atoms with Crippen molar-refractivity contribution in [1.82, 2.24) is 15.5 Å². The largest absolute Gasteiger partial charge is 0.489 e. The van der Waals surface area contributed by atoms with Crippen LogP contribution in [0.3, 0.4) is 0 Å². The van der Waals surface area contributed by atoms with Gasteiger partial charge in [0.2, 0.25) is 0 Å². The minimum Gasteiger partial charge on any atom is -0.489 e. The van der Waals surface area contributed by atoms with E-state index >= 15 is 0 Å². The van der Waals surface area contributed by atoms with Crippen LogP contribution < -0.4 is 15.4 Å². The average Bonchev–Trinajstić information content (AvgIpc) is 2.60. The van der Waals surface area contributed by atoms with Crippen LogP contribution >= 0.6 is 11.6 Å². The molecule has 146 valence electrons. The number of ether oxygens (including phenoxy) is 1. The molecule has 1 saturated heterocycles. The lowest BCUT2D eigenvalue weighted by molar-refractivity contribution is 0.167. The topological polar surface area (TPSA) is 48.9 Å². The van der Waals surface area contributed by atoms with Crippen molar-refractivity contribution in [1.29, 1.82) is 0 Å². The molecule has 5 nitrogen and oxygen atoms in total. The Hall–Kier alpha value is -1.46. The normalized spacial score (nSPS) is 18.0. The Morgan fingerprint density at radius 2 is 2.04 bits per heavy atom. The summed E-state index contributed by atoms with van der Waals surface area (Å²) in [4.78, 5) is 7.23. The first-order valence-corrected chi connectivity index (χ1v) is 10.1. The van der Waals surface area contributed by atoms with Crippen molar-refractivity contribution in [3.63, 3.8) is 0 Å². The van der Waals surface area contributed by atoms with Crippen LogP contribution in [0.15, 0.2) is 29.3 Å². The average molecular weight is 381 g/mol. The lowest BCUT2D eigenvalue weighted by Gasteiger charge is -2.35. The van der Waals surface area contributed by atoms with Gasteiger partial charge in [-0.2, -0.15) is 0 Å². The van der Waals surface area contributed by atoms with Gasteiger partial charge in [-0.15, -0.1) is 0 Å². The molecule has 1 heterocycles. The van der Waals surface area contributed by atoms with E-state index in [0.29, 0.717) is 23.7 Å². The second-order valence-electron chi connectivity index (χ2n) is 7.15. The van der Waals surface area contributed by atoms with Gasteiger partial charge in [0.15, 0.2) is 5.96 Å². The zero-order chi connectivity index (χ0) is 18.9. The highest BCUT2D eigenvalue weighted by Crippen LogP contribution is 2.18. The van der Waals surface area contributed by atoms with Crippen molar-refractivity contribution < 1.29 is 4.74 Å². The fraction of sp³-hybridized carbons (Fsp3) is 0.650. The minimum atomic E-state index is -0.0216.